The van der Waals surface area contributed by atoms with Gasteiger partial charge in [0.1, 0.15) is 5.54 Å². The highest BCUT2D eigenvalue weighted by Crippen LogP contribution is 2.38. The minimum atomic E-state index is -4.24. The topological polar surface area (TPSA) is 168 Å². The number of carbonyl (C=O) groups is 3. The summed E-state index contributed by atoms with van der Waals surface area (Å²) in [4.78, 5) is 36.6. The second-order valence-corrected chi connectivity index (χ2v) is 12.4. The number of nitrogens with one attached hydrogen (secondary N) is 2. The Balaban J connectivity index is 2.26. The Morgan fingerprint density at radius 3 is 2.34 bits per heavy atom. The molecular weight excluding hydrogens is 512 g/mol. The van der Waals surface area contributed by atoms with Gasteiger partial charge in [0.25, 0.3) is 10.2 Å². The van der Waals surface area contributed by atoms with E-state index in [9.17, 15) is 27.9 Å². The standard InChI is InChI=1S/C26H42N4O7S/c1-6-37-25(34)26(4,5)29-38(35,36)30(13-12-17(2)3)16-22(31)21(14-18-10-8-7-9-11-18)28-24(33)20-15-19(20)23(27)32/h7-11,17,19-22,29,31H,6,12-16H2,1-5H3,(H2,27,32)(H,28,33)/t19?,20?,21-,22?/m0/s1. The number of nitrogens with zero attached hydrogens (tertiary/aromatic N) is 1. The average molecular weight is 555 g/mol. The zero-order valence-corrected chi connectivity index (χ0v) is 23.7. The van der Waals surface area contributed by atoms with Crippen LogP contribution in [0, 0.1) is 17.8 Å². The third kappa shape index (κ3) is 9.33. The molecule has 1 aliphatic rings. The fourth-order valence-electron chi connectivity index (χ4n) is 4.03. The number of amides is 2. The van der Waals surface area contributed by atoms with Gasteiger partial charge in [0.15, 0.2) is 0 Å². The van der Waals surface area contributed by atoms with Crippen molar-refractivity contribution in [1.82, 2.24) is 14.3 Å². The molecule has 3 unspecified atom stereocenters. The summed E-state index contributed by atoms with van der Waals surface area (Å²) in [5.41, 5.74) is 4.61. The predicted octanol–water partition coefficient (Wildman–Crippen LogP) is 0.720. The first-order chi connectivity index (χ1) is 17.7. The zero-order chi connectivity index (χ0) is 28.7. The maximum Gasteiger partial charge on any atom is 0.326 e. The van der Waals surface area contributed by atoms with Crippen LogP contribution in [0.1, 0.15) is 53.0 Å². The van der Waals surface area contributed by atoms with E-state index in [0.29, 0.717) is 12.8 Å². The molecule has 0 radical (unpaired) electrons. The van der Waals surface area contributed by atoms with Crippen LogP contribution in [0.3, 0.4) is 0 Å². The third-order valence-corrected chi connectivity index (χ3v) is 8.22. The van der Waals surface area contributed by atoms with Crippen molar-refractivity contribution >= 4 is 28.0 Å². The maximum absolute atomic E-state index is 13.4. The Morgan fingerprint density at radius 2 is 1.82 bits per heavy atom. The van der Waals surface area contributed by atoms with Crippen LogP contribution in [0.4, 0.5) is 0 Å². The van der Waals surface area contributed by atoms with Gasteiger partial charge in [0.05, 0.1) is 30.6 Å². The summed E-state index contributed by atoms with van der Waals surface area (Å²) in [7, 11) is -4.24. The molecule has 1 aliphatic carbocycles. The number of ether oxygens (including phenoxy) is 1. The molecule has 1 aromatic rings. The SMILES string of the molecule is CCOC(=O)C(C)(C)NS(=O)(=O)N(CCC(C)C)CC(O)[C@H](Cc1ccccc1)NC(=O)C1CC1C(N)=O. The number of hydrogen-bond acceptors (Lipinski definition) is 7. The number of rotatable bonds is 16. The Kier molecular flexibility index (Phi) is 11.3. The first-order valence-electron chi connectivity index (χ1n) is 13.0. The minimum Gasteiger partial charge on any atom is -0.465 e. The highest BCUT2D eigenvalue weighted by Gasteiger charge is 2.48. The first-order valence-corrected chi connectivity index (χ1v) is 14.4. The second-order valence-electron chi connectivity index (χ2n) is 10.7. The van der Waals surface area contributed by atoms with E-state index in [1.807, 2.05) is 44.2 Å². The van der Waals surface area contributed by atoms with Crippen molar-refractivity contribution in [2.45, 2.75) is 71.6 Å². The highest BCUT2D eigenvalue weighted by atomic mass is 32.2. The van der Waals surface area contributed by atoms with Gasteiger partial charge in [-0.3, -0.25) is 14.4 Å². The number of primary amides is 1. The minimum absolute atomic E-state index is 0.0847. The van der Waals surface area contributed by atoms with E-state index in [1.165, 1.54) is 13.8 Å². The smallest absolute Gasteiger partial charge is 0.326 e. The van der Waals surface area contributed by atoms with Crippen LogP contribution >= 0.6 is 0 Å². The number of hydrogen-bond donors (Lipinski definition) is 4. The maximum atomic E-state index is 13.4. The van der Waals surface area contributed by atoms with Gasteiger partial charge in [0, 0.05) is 13.1 Å². The third-order valence-electron chi connectivity index (χ3n) is 6.44. The molecule has 2 rings (SSSR count). The fraction of sp³-hybridized carbons (Fsp3) is 0.654. The lowest BCUT2D eigenvalue weighted by Gasteiger charge is -2.32. The lowest BCUT2D eigenvalue weighted by atomic mass is 10.0. The summed E-state index contributed by atoms with van der Waals surface area (Å²) in [5, 5.41) is 14.1. The normalized spacial score (nSPS) is 19.2. The van der Waals surface area contributed by atoms with Crippen LogP contribution in [0.5, 0.6) is 0 Å². The molecule has 1 fully saturated rings. The second kappa shape index (κ2) is 13.5. The zero-order valence-electron chi connectivity index (χ0n) is 22.8. The van der Waals surface area contributed by atoms with E-state index < -0.39 is 57.5 Å². The summed E-state index contributed by atoms with van der Waals surface area (Å²) < 4.78 is 35.3. The molecule has 5 N–H and O–H groups in total. The monoisotopic (exact) mass is 554 g/mol. The van der Waals surface area contributed by atoms with Crippen molar-refractivity contribution in [3.05, 3.63) is 35.9 Å². The van der Waals surface area contributed by atoms with E-state index in [2.05, 4.69) is 10.0 Å². The molecule has 0 aromatic heterocycles. The quantitative estimate of drug-likeness (QED) is 0.218. The van der Waals surface area contributed by atoms with E-state index in [4.69, 9.17) is 10.5 Å². The first kappa shape index (κ1) is 31.7. The summed E-state index contributed by atoms with van der Waals surface area (Å²) >= 11 is 0. The number of benzene rings is 1. The molecule has 0 bridgehead atoms. The van der Waals surface area contributed by atoms with Gasteiger partial charge in [-0.15, -0.1) is 0 Å². The van der Waals surface area contributed by atoms with Gasteiger partial charge in [0.2, 0.25) is 11.8 Å². The van der Waals surface area contributed by atoms with Gasteiger partial charge in [-0.1, -0.05) is 44.2 Å². The van der Waals surface area contributed by atoms with Crippen LogP contribution in [-0.4, -0.2) is 73.0 Å². The molecule has 4 atom stereocenters. The van der Waals surface area contributed by atoms with Gasteiger partial charge < -0.3 is 20.9 Å². The predicted molar refractivity (Wildman–Crippen MR) is 143 cm³/mol. The Morgan fingerprint density at radius 1 is 1.18 bits per heavy atom. The van der Waals surface area contributed by atoms with Crippen molar-refractivity contribution in [3.63, 3.8) is 0 Å². The van der Waals surface area contributed by atoms with Gasteiger partial charge in [-0.05, 0) is 51.5 Å². The van der Waals surface area contributed by atoms with Crippen molar-refractivity contribution in [1.29, 1.82) is 0 Å². The van der Waals surface area contributed by atoms with Crippen LogP contribution < -0.4 is 15.8 Å². The lowest BCUT2D eigenvalue weighted by Crippen LogP contribution is -2.58. The van der Waals surface area contributed by atoms with E-state index in [0.717, 1.165) is 9.87 Å². The summed E-state index contributed by atoms with van der Waals surface area (Å²) in [6.45, 7) is 8.18. The van der Waals surface area contributed by atoms with Crippen LogP contribution in [0.25, 0.3) is 0 Å². The summed E-state index contributed by atoms with van der Waals surface area (Å²) in [6, 6.07) is 8.33. The Labute approximate surface area is 225 Å². The molecule has 12 heteroatoms. The van der Waals surface area contributed by atoms with Crippen molar-refractivity contribution in [2.24, 2.45) is 23.5 Å². The van der Waals surface area contributed by atoms with Gasteiger partial charge in [-0.2, -0.15) is 17.4 Å². The molecule has 0 heterocycles. The Hall–Kier alpha value is -2.54. The van der Waals surface area contributed by atoms with Gasteiger partial charge >= 0.3 is 5.97 Å². The lowest BCUT2D eigenvalue weighted by molar-refractivity contribution is -0.149. The molecule has 11 nitrogen and oxygen atoms in total. The van der Waals surface area contributed by atoms with Crippen molar-refractivity contribution < 1.29 is 32.6 Å². The van der Waals surface area contributed by atoms with Gasteiger partial charge in [-0.25, -0.2) is 0 Å². The Bertz CT molecular complexity index is 1060. The summed E-state index contributed by atoms with van der Waals surface area (Å²) in [5.74, 6) is -2.62. The largest absolute Gasteiger partial charge is 0.465 e. The molecule has 1 saturated carbocycles. The molecule has 38 heavy (non-hydrogen) atoms. The molecule has 214 valence electrons. The average Bonchev–Trinajstić information content (AvgIpc) is 3.62. The van der Waals surface area contributed by atoms with Crippen molar-refractivity contribution in [2.75, 3.05) is 19.7 Å². The molecular formula is C26H42N4O7S. The molecule has 2 amide bonds. The molecule has 1 aromatic carbocycles. The number of esters is 1. The number of carbonyl (C=O) groups excluding carboxylic acids is 3. The highest BCUT2D eigenvalue weighted by molar-refractivity contribution is 7.87. The molecule has 0 spiro atoms. The van der Waals surface area contributed by atoms with Crippen LogP contribution in [0.15, 0.2) is 30.3 Å². The van der Waals surface area contributed by atoms with Crippen molar-refractivity contribution in [3.8, 4) is 0 Å². The fourth-order valence-corrected chi connectivity index (χ4v) is 5.58. The number of aliphatic hydroxyl groups is 1. The molecule has 0 aliphatic heterocycles. The number of aliphatic hydroxyl groups excluding tert-OH is 1. The van der Waals surface area contributed by atoms with E-state index >= 15 is 0 Å². The van der Waals surface area contributed by atoms with E-state index in [1.54, 1.807) is 6.92 Å². The summed E-state index contributed by atoms with van der Waals surface area (Å²) in [6.07, 6.45) is -0.205. The van der Waals surface area contributed by atoms with E-state index in [-0.39, 0.29) is 32.0 Å². The number of nitrogens with two attached hydrogens (primary N) is 1. The van der Waals surface area contributed by atoms with Crippen LogP contribution in [0.2, 0.25) is 0 Å². The van der Waals surface area contributed by atoms with Crippen LogP contribution in [-0.2, 0) is 35.8 Å². The molecule has 0 saturated heterocycles.